The molecule has 2 bridgehead atoms. The molecule has 3 nitrogen and oxygen atoms in total. The fourth-order valence-corrected chi connectivity index (χ4v) is 3.86. The number of aliphatic hydroxyl groups is 1. The lowest BCUT2D eigenvalue weighted by Crippen LogP contribution is -2.47. The number of morpholine rings is 1. The molecule has 2 saturated heterocycles. The molecule has 1 saturated carbocycles. The van der Waals surface area contributed by atoms with E-state index in [9.17, 15) is 5.11 Å². The summed E-state index contributed by atoms with van der Waals surface area (Å²) in [6.07, 6.45) is 6.78. The van der Waals surface area contributed by atoms with Crippen LogP contribution in [0.5, 0.6) is 0 Å². The highest BCUT2D eigenvalue weighted by atomic mass is 16.5. The molecule has 0 aromatic heterocycles. The highest BCUT2D eigenvalue weighted by Crippen LogP contribution is 2.32. The molecule has 5 atom stereocenters. The summed E-state index contributed by atoms with van der Waals surface area (Å²) in [4.78, 5) is 2.54. The quantitative estimate of drug-likeness (QED) is 0.795. The van der Waals surface area contributed by atoms with Gasteiger partial charge in [-0.25, -0.2) is 0 Å². The lowest BCUT2D eigenvalue weighted by Gasteiger charge is -2.38. The lowest BCUT2D eigenvalue weighted by atomic mass is 9.80. The van der Waals surface area contributed by atoms with Gasteiger partial charge >= 0.3 is 0 Å². The van der Waals surface area contributed by atoms with Crippen LogP contribution >= 0.6 is 0 Å². The fourth-order valence-electron chi connectivity index (χ4n) is 3.86. The molecule has 0 radical (unpaired) electrons. The van der Waals surface area contributed by atoms with Gasteiger partial charge in [0.15, 0.2) is 0 Å². The Morgan fingerprint density at radius 2 is 1.82 bits per heavy atom. The molecule has 3 heteroatoms. The van der Waals surface area contributed by atoms with Crippen molar-refractivity contribution < 1.29 is 9.84 Å². The van der Waals surface area contributed by atoms with Crippen molar-refractivity contribution in [3.05, 3.63) is 0 Å². The van der Waals surface area contributed by atoms with Gasteiger partial charge in [-0.3, -0.25) is 4.90 Å². The summed E-state index contributed by atoms with van der Waals surface area (Å²) in [5, 5.41) is 10.1. The molecular weight excluding hydrogens is 214 g/mol. The molecule has 98 valence electrons. The molecule has 5 unspecified atom stereocenters. The summed E-state index contributed by atoms with van der Waals surface area (Å²) in [5.41, 5.74) is 0. The van der Waals surface area contributed by atoms with Gasteiger partial charge in [0.1, 0.15) is 0 Å². The molecule has 0 aromatic carbocycles. The van der Waals surface area contributed by atoms with Crippen molar-refractivity contribution in [2.24, 2.45) is 11.8 Å². The standard InChI is InChI=1S/C14H25NO2/c1-10-2-5-14(16)11(6-10)7-15-8-12-3-4-13(9-15)17-12/h10-14,16H,2-9H2,1H3. The summed E-state index contributed by atoms with van der Waals surface area (Å²) in [5.74, 6) is 1.29. The molecule has 0 spiro atoms. The van der Waals surface area contributed by atoms with Crippen LogP contribution < -0.4 is 0 Å². The van der Waals surface area contributed by atoms with Gasteiger partial charge in [-0.2, -0.15) is 0 Å². The third kappa shape index (κ3) is 2.67. The number of likely N-dealkylation sites (tertiary alicyclic amines) is 1. The topological polar surface area (TPSA) is 32.7 Å². The van der Waals surface area contributed by atoms with Crippen LogP contribution in [-0.4, -0.2) is 48.0 Å². The van der Waals surface area contributed by atoms with E-state index in [0.29, 0.717) is 18.1 Å². The van der Waals surface area contributed by atoms with Gasteiger partial charge in [0.2, 0.25) is 0 Å². The highest BCUT2D eigenvalue weighted by molar-refractivity contribution is 4.88. The molecule has 0 aromatic rings. The molecule has 1 aliphatic carbocycles. The predicted octanol–water partition coefficient (Wildman–Crippen LogP) is 1.65. The molecule has 17 heavy (non-hydrogen) atoms. The zero-order chi connectivity index (χ0) is 11.8. The number of fused-ring (bicyclic) bond motifs is 2. The van der Waals surface area contributed by atoms with Gasteiger partial charge in [0.05, 0.1) is 18.3 Å². The Morgan fingerprint density at radius 1 is 1.12 bits per heavy atom. The van der Waals surface area contributed by atoms with Crippen LogP contribution in [0.4, 0.5) is 0 Å². The number of ether oxygens (including phenoxy) is 1. The smallest absolute Gasteiger partial charge is 0.0707 e. The molecular formula is C14H25NO2. The Morgan fingerprint density at radius 3 is 2.53 bits per heavy atom. The van der Waals surface area contributed by atoms with Crippen molar-refractivity contribution in [3.63, 3.8) is 0 Å². The average Bonchev–Trinajstić information content (AvgIpc) is 2.63. The van der Waals surface area contributed by atoms with Gasteiger partial charge < -0.3 is 9.84 Å². The van der Waals surface area contributed by atoms with Crippen LogP contribution in [0.1, 0.15) is 39.0 Å². The summed E-state index contributed by atoms with van der Waals surface area (Å²) in [6, 6.07) is 0. The maximum absolute atomic E-state index is 10.1. The van der Waals surface area contributed by atoms with Crippen LogP contribution in [0, 0.1) is 11.8 Å². The van der Waals surface area contributed by atoms with Gasteiger partial charge in [-0.05, 0) is 43.9 Å². The van der Waals surface area contributed by atoms with E-state index in [4.69, 9.17) is 4.74 Å². The Kier molecular flexibility index (Phi) is 3.42. The molecule has 3 fully saturated rings. The van der Waals surface area contributed by atoms with E-state index in [-0.39, 0.29) is 6.10 Å². The number of hydrogen-bond acceptors (Lipinski definition) is 3. The Balaban J connectivity index is 1.55. The monoisotopic (exact) mass is 239 g/mol. The average molecular weight is 239 g/mol. The molecule has 3 aliphatic rings. The largest absolute Gasteiger partial charge is 0.393 e. The lowest BCUT2D eigenvalue weighted by molar-refractivity contribution is -0.0553. The van der Waals surface area contributed by atoms with E-state index < -0.39 is 0 Å². The third-order valence-corrected chi connectivity index (χ3v) is 4.82. The van der Waals surface area contributed by atoms with Crippen molar-refractivity contribution in [2.45, 2.75) is 57.3 Å². The van der Waals surface area contributed by atoms with Crippen LogP contribution in [0.15, 0.2) is 0 Å². The number of hydrogen-bond donors (Lipinski definition) is 1. The van der Waals surface area contributed by atoms with Gasteiger partial charge in [0.25, 0.3) is 0 Å². The predicted molar refractivity (Wildman–Crippen MR) is 66.8 cm³/mol. The summed E-state index contributed by atoms with van der Waals surface area (Å²) < 4.78 is 5.86. The number of rotatable bonds is 2. The minimum atomic E-state index is -0.0632. The zero-order valence-corrected chi connectivity index (χ0v) is 10.8. The van der Waals surface area contributed by atoms with E-state index in [1.165, 1.54) is 25.7 Å². The highest BCUT2D eigenvalue weighted by Gasteiger charge is 2.36. The zero-order valence-electron chi connectivity index (χ0n) is 10.8. The van der Waals surface area contributed by atoms with Crippen molar-refractivity contribution in [1.29, 1.82) is 0 Å². The maximum Gasteiger partial charge on any atom is 0.0707 e. The molecule has 1 N–H and O–H groups in total. The van der Waals surface area contributed by atoms with E-state index in [0.717, 1.165) is 32.0 Å². The SMILES string of the molecule is CC1CCC(O)C(CN2CC3CCC(C2)O3)C1. The Bertz CT molecular complexity index is 259. The van der Waals surface area contributed by atoms with Crippen LogP contribution in [0.25, 0.3) is 0 Å². The van der Waals surface area contributed by atoms with Gasteiger partial charge in [-0.15, -0.1) is 0 Å². The second-order valence-corrected chi connectivity index (χ2v) is 6.42. The number of nitrogens with zero attached hydrogens (tertiary/aromatic N) is 1. The minimum Gasteiger partial charge on any atom is -0.393 e. The molecule has 3 rings (SSSR count). The summed E-state index contributed by atoms with van der Waals surface area (Å²) in [7, 11) is 0. The van der Waals surface area contributed by atoms with Crippen LogP contribution in [-0.2, 0) is 4.74 Å². The van der Waals surface area contributed by atoms with Crippen molar-refractivity contribution >= 4 is 0 Å². The summed E-state index contributed by atoms with van der Waals surface area (Å²) >= 11 is 0. The third-order valence-electron chi connectivity index (χ3n) is 4.82. The van der Waals surface area contributed by atoms with E-state index >= 15 is 0 Å². The Hall–Kier alpha value is -0.120. The first-order valence-corrected chi connectivity index (χ1v) is 7.26. The van der Waals surface area contributed by atoms with Gasteiger partial charge in [-0.1, -0.05) is 6.92 Å². The van der Waals surface area contributed by atoms with E-state index in [2.05, 4.69) is 11.8 Å². The second-order valence-electron chi connectivity index (χ2n) is 6.42. The molecule has 2 aliphatic heterocycles. The van der Waals surface area contributed by atoms with Crippen LogP contribution in [0.3, 0.4) is 0 Å². The fraction of sp³-hybridized carbons (Fsp3) is 1.00. The van der Waals surface area contributed by atoms with E-state index in [1.54, 1.807) is 0 Å². The van der Waals surface area contributed by atoms with Gasteiger partial charge in [0, 0.05) is 19.6 Å². The number of aliphatic hydroxyl groups excluding tert-OH is 1. The second kappa shape index (κ2) is 4.87. The van der Waals surface area contributed by atoms with Crippen LogP contribution in [0.2, 0.25) is 0 Å². The molecule has 2 heterocycles. The summed E-state index contributed by atoms with van der Waals surface area (Å²) in [6.45, 7) is 5.59. The van der Waals surface area contributed by atoms with Crippen molar-refractivity contribution in [1.82, 2.24) is 4.90 Å². The minimum absolute atomic E-state index is 0.0632. The molecule has 0 amide bonds. The maximum atomic E-state index is 10.1. The first-order chi connectivity index (χ1) is 8.20. The van der Waals surface area contributed by atoms with E-state index in [1.807, 2.05) is 0 Å². The first kappa shape index (κ1) is 11.9. The first-order valence-electron chi connectivity index (χ1n) is 7.26. The normalized spacial score (nSPS) is 47.3. The Labute approximate surface area is 104 Å². The van der Waals surface area contributed by atoms with Crippen molar-refractivity contribution in [3.8, 4) is 0 Å². The van der Waals surface area contributed by atoms with Crippen molar-refractivity contribution in [2.75, 3.05) is 19.6 Å².